The summed E-state index contributed by atoms with van der Waals surface area (Å²) in [6.45, 7) is 0. The predicted molar refractivity (Wildman–Crippen MR) is 16.1 cm³/mol. The van der Waals surface area contributed by atoms with Crippen molar-refractivity contribution in [2.45, 2.75) is 0 Å². The Kier molecular flexibility index (Phi) is 3.08. The van der Waals surface area contributed by atoms with Gasteiger partial charge in [-0.1, -0.05) is 0 Å². The Balaban J connectivity index is 3.11. The van der Waals surface area contributed by atoms with Crippen LogP contribution in [0.4, 0.5) is 0 Å². The van der Waals surface area contributed by atoms with E-state index in [2.05, 4.69) is 0 Å². The third kappa shape index (κ3) is 2.04. The van der Waals surface area contributed by atoms with Crippen LogP contribution in [0.5, 0.6) is 0 Å². The summed E-state index contributed by atoms with van der Waals surface area (Å²) in [5.41, 5.74) is 0. The van der Waals surface area contributed by atoms with Crippen LogP contribution in [0.25, 0.3) is 0 Å². The van der Waals surface area contributed by atoms with Crippen molar-refractivity contribution in [3.05, 3.63) is 0 Å². The third-order valence-electron chi connectivity index (χ3n) is 0.0430. The summed E-state index contributed by atoms with van der Waals surface area (Å²) >= 11 is 0.0370. The van der Waals surface area contributed by atoms with E-state index < -0.39 is 0 Å². The molecule has 0 aliphatic carbocycles. The van der Waals surface area contributed by atoms with Crippen LogP contribution in [-0.4, -0.2) is 15.6 Å². The molecule has 0 atom stereocenters. The van der Waals surface area contributed by atoms with E-state index in [1.165, 1.54) is 0 Å². The molecule has 0 amide bonds. The minimum atomic E-state index is 0.0370. The summed E-state index contributed by atoms with van der Waals surface area (Å²) in [5.74, 6) is 0. The second-order valence-corrected chi connectivity index (χ2v) is 0.605. The Morgan fingerprint density at radius 3 is 2.25 bits per heavy atom. The van der Waals surface area contributed by atoms with Gasteiger partial charge in [0.2, 0.25) is 0 Å². The molecule has 0 aromatic rings. The molecule has 0 saturated heterocycles. The summed E-state index contributed by atoms with van der Waals surface area (Å²) < 4.78 is 8.91. The van der Waals surface area contributed by atoms with Gasteiger partial charge in [0.1, 0.15) is 0 Å². The molecule has 0 aromatic carbocycles. The zero-order valence-corrected chi connectivity index (χ0v) is 2.66. The van der Waals surface area contributed by atoms with E-state index in [9.17, 15) is 0 Å². The zero-order valence-electron chi connectivity index (χ0n) is 1.84. The van der Waals surface area contributed by atoms with Gasteiger partial charge >= 0.3 is 26.7 Å². The normalized spacial score (nSPS) is 4.25. The third-order valence-corrected chi connectivity index (χ3v) is 0.129. The summed E-state index contributed by atoms with van der Waals surface area (Å²) in [5, 5.41) is 7.40. The maximum absolute atomic E-state index is 8.91. The standard InChI is InChI=1S/BHO2S/c2-1-4-3/h2H. The Morgan fingerprint density at radius 2 is 2.25 bits per heavy atom. The van der Waals surface area contributed by atoms with Crippen molar-refractivity contribution in [3.8, 4) is 0 Å². The van der Waals surface area contributed by atoms with Gasteiger partial charge in [-0.05, 0) is 0 Å². The summed E-state index contributed by atoms with van der Waals surface area (Å²) in [7, 11) is 0. The molecular weight excluding hydrogens is 74.9 g/mol. The van der Waals surface area contributed by atoms with E-state index >= 15 is 0 Å². The van der Waals surface area contributed by atoms with E-state index in [1.807, 2.05) is 0 Å². The molecule has 0 radical (unpaired) electrons. The summed E-state index contributed by atoms with van der Waals surface area (Å²) in [4.78, 5) is 0. The molecule has 0 saturated carbocycles. The SMILES string of the molecule is O=S=BO. The van der Waals surface area contributed by atoms with Crippen molar-refractivity contribution in [2.24, 2.45) is 0 Å². The molecular formula is HBO2S. The molecule has 0 unspecified atom stereocenters. The topological polar surface area (TPSA) is 37.3 Å². The van der Waals surface area contributed by atoms with Gasteiger partial charge in [-0.3, -0.25) is 0 Å². The average Bonchev–Trinajstić information content (AvgIpc) is 1.37. The Bertz CT molecular complexity index is 44.0. The van der Waals surface area contributed by atoms with E-state index in [0.717, 1.165) is 0 Å². The molecule has 1 N–H and O–H groups in total. The fraction of sp³-hybridized carbons (Fsp3) is 0. The van der Waals surface area contributed by atoms with E-state index in [0.29, 0.717) is 6.36 Å². The molecule has 0 spiro atoms. The van der Waals surface area contributed by atoms with Crippen molar-refractivity contribution in [2.75, 3.05) is 0 Å². The molecule has 0 aliphatic rings. The minimum absolute atomic E-state index is 0.0370. The van der Waals surface area contributed by atoms with Gasteiger partial charge in [-0.25, -0.2) is 0 Å². The molecule has 2 nitrogen and oxygen atoms in total. The van der Waals surface area contributed by atoms with Crippen LogP contribution < -0.4 is 0 Å². The van der Waals surface area contributed by atoms with Gasteiger partial charge < -0.3 is 0 Å². The van der Waals surface area contributed by atoms with E-state index in [-0.39, 0.29) is 11.1 Å². The zero-order chi connectivity index (χ0) is 3.41. The second-order valence-electron chi connectivity index (χ2n) is 0.202. The number of hydrogen-bond acceptors (Lipinski definition) is 1. The number of rotatable bonds is 0. The summed E-state index contributed by atoms with van der Waals surface area (Å²) in [6.07, 6.45) is 0.486. The first-order valence-electron chi connectivity index (χ1n) is 0.661. The van der Waals surface area contributed by atoms with Crippen LogP contribution in [0.3, 0.4) is 0 Å². The molecule has 0 fully saturated rings. The van der Waals surface area contributed by atoms with Crippen molar-refractivity contribution in [1.82, 2.24) is 0 Å². The fourth-order valence-corrected chi connectivity index (χ4v) is 0. The molecule has 4 heteroatoms. The van der Waals surface area contributed by atoms with Crippen LogP contribution in [0.15, 0.2) is 0 Å². The van der Waals surface area contributed by atoms with Crippen LogP contribution in [0.2, 0.25) is 0 Å². The van der Waals surface area contributed by atoms with Crippen LogP contribution >= 0.6 is 0 Å². The Labute approximate surface area is 27.7 Å². The van der Waals surface area contributed by atoms with Crippen molar-refractivity contribution >= 4 is 17.5 Å². The molecule has 0 aromatic heterocycles. The van der Waals surface area contributed by atoms with Gasteiger partial charge in [0, 0.05) is 0 Å². The maximum atomic E-state index is 8.91. The molecule has 0 rings (SSSR count). The van der Waals surface area contributed by atoms with Crippen molar-refractivity contribution in [1.29, 1.82) is 0 Å². The monoisotopic (exact) mass is 76.0 g/mol. The molecule has 0 bridgehead atoms. The first kappa shape index (κ1) is 4.04. The van der Waals surface area contributed by atoms with Gasteiger partial charge in [0.25, 0.3) is 0 Å². The molecule has 4 heavy (non-hydrogen) atoms. The van der Waals surface area contributed by atoms with Crippen LogP contribution in [-0.2, 0) is 11.1 Å². The van der Waals surface area contributed by atoms with Gasteiger partial charge in [-0.15, -0.1) is 0 Å². The first-order chi connectivity index (χ1) is 1.91. The fourth-order valence-electron chi connectivity index (χ4n) is 0. The van der Waals surface area contributed by atoms with E-state index in [4.69, 9.17) is 9.23 Å². The van der Waals surface area contributed by atoms with Crippen molar-refractivity contribution < 1.29 is 9.23 Å². The van der Waals surface area contributed by atoms with Crippen LogP contribution in [0.1, 0.15) is 0 Å². The quantitative estimate of drug-likeness (QED) is 0.365. The summed E-state index contributed by atoms with van der Waals surface area (Å²) in [6, 6.07) is 0. The Morgan fingerprint density at radius 1 is 2.00 bits per heavy atom. The molecule has 22 valence electrons. The van der Waals surface area contributed by atoms with Gasteiger partial charge in [0.05, 0.1) is 0 Å². The van der Waals surface area contributed by atoms with Gasteiger partial charge in [0.15, 0.2) is 0 Å². The predicted octanol–water partition coefficient (Wildman–Crippen LogP) is -1.27. The number of hydrogen-bond donors (Lipinski definition) is 1. The Hall–Kier alpha value is 0.0449. The average molecular weight is 75.9 g/mol. The van der Waals surface area contributed by atoms with Gasteiger partial charge in [-0.2, -0.15) is 0 Å². The van der Waals surface area contributed by atoms with E-state index in [1.54, 1.807) is 0 Å². The molecule has 0 heterocycles. The second kappa shape index (κ2) is 3.04. The molecule has 0 aliphatic heterocycles. The van der Waals surface area contributed by atoms with Crippen molar-refractivity contribution in [3.63, 3.8) is 0 Å². The van der Waals surface area contributed by atoms with Crippen LogP contribution in [0, 0.1) is 0 Å². The first-order valence-corrected chi connectivity index (χ1v) is 1.47.